The molecule has 1 atom stereocenters. The highest BCUT2D eigenvalue weighted by atomic mass is 35.5. The molecule has 0 aromatic carbocycles. The Balaban J connectivity index is 4.47. The van der Waals surface area contributed by atoms with Crippen LogP contribution in [0.15, 0.2) is 23.3 Å². The summed E-state index contributed by atoms with van der Waals surface area (Å²) in [5.41, 5.74) is 0.364. The normalized spacial score (nSPS) is 13.6. The summed E-state index contributed by atoms with van der Waals surface area (Å²) in [5.74, 6) is -0.463. The third-order valence-corrected chi connectivity index (χ3v) is 2.77. The van der Waals surface area contributed by atoms with Crippen molar-refractivity contribution < 1.29 is 9.90 Å². The van der Waals surface area contributed by atoms with Crippen molar-refractivity contribution in [3.63, 3.8) is 0 Å². The highest BCUT2D eigenvalue weighted by Gasteiger charge is 2.14. The SMILES string of the molecule is C=C(Cl)C=C(CC(CC)CCCC)C(=O)O. The molecule has 0 aromatic heterocycles. The Morgan fingerprint density at radius 3 is 2.50 bits per heavy atom. The Morgan fingerprint density at radius 2 is 2.12 bits per heavy atom. The summed E-state index contributed by atoms with van der Waals surface area (Å²) in [4.78, 5) is 11.0. The molecule has 0 aliphatic carbocycles. The molecule has 0 aliphatic rings. The topological polar surface area (TPSA) is 37.3 Å². The van der Waals surface area contributed by atoms with Crippen LogP contribution in [0.4, 0.5) is 0 Å². The molecule has 1 N–H and O–H groups in total. The molecule has 0 saturated heterocycles. The van der Waals surface area contributed by atoms with E-state index < -0.39 is 5.97 Å². The molecule has 1 unspecified atom stereocenters. The Labute approximate surface area is 103 Å². The summed E-state index contributed by atoms with van der Waals surface area (Å²) in [6, 6.07) is 0. The second-order valence-electron chi connectivity index (χ2n) is 4.04. The first kappa shape index (κ1) is 15.2. The smallest absolute Gasteiger partial charge is 0.331 e. The van der Waals surface area contributed by atoms with Crippen LogP contribution in [0.2, 0.25) is 0 Å². The quantitative estimate of drug-likeness (QED) is 0.509. The number of unbranched alkanes of at least 4 members (excludes halogenated alkanes) is 1. The summed E-state index contributed by atoms with van der Waals surface area (Å²) >= 11 is 5.61. The van der Waals surface area contributed by atoms with Crippen molar-refractivity contribution in [2.45, 2.75) is 46.0 Å². The van der Waals surface area contributed by atoms with Crippen molar-refractivity contribution in [1.29, 1.82) is 0 Å². The van der Waals surface area contributed by atoms with Crippen molar-refractivity contribution in [3.05, 3.63) is 23.3 Å². The first-order valence-electron chi connectivity index (χ1n) is 5.79. The van der Waals surface area contributed by atoms with Crippen LogP contribution in [0.25, 0.3) is 0 Å². The van der Waals surface area contributed by atoms with Gasteiger partial charge in [0.1, 0.15) is 0 Å². The zero-order valence-corrected chi connectivity index (χ0v) is 10.9. The number of hydrogen-bond acceptors (Lipinski definition) is 1. The molecule has 2 nitrogen and oxygen atoms in total. The van der Waals surface area contributed by atoms with Crippen LogP contribution < -0.4 is 0 Å². The lowest BCUT2D eigenvalue weighted by Gasteiger charge is -2.14. The number of aliphatic carboxylic acids is 1. The van der Waals surface area contributed by atoms with Crippen LogP contribution in [0, 0.1) is 5.92 Å². The molecule has 16 heavy (non-hydrogen) atoms. The Morgan fingerprint density at radius 1 is 1.50 bits per heavy atom. The number of rotatable bonds is 8. The summed E-state index contributed by atoms with van der Waals surface area (Å²) in [5, 5.41) is 9.30. The predicted molar refractivity (Wildman–Crippen MR) is 68.6 cm³/mol. The number of carboxylic acid groups (broad SMARTS) is 1. The Bertz CT molecular complexity index is 269. The fourth-order valence-electron chi connectivity index (χ4n) is 1.65. The molecule has 3 heteroatoms. The van der Waals surface area contributed by atoms with E-state index in [9.17, 15) is 4.79 Å². The van der Waals surface area contributed by atoms with Gasteiger partial charge in [0.05, 0.1) is 0 Å². The van der Waals surface area contributed by atoms with E-state index in [1.54, 1.807) is 0 Å². The van der Waals surface area contributed by atoms with Crippen LogP contribution in [-0.4, -0.2) is 11.1 Å². The number of allylic oxidation sites excluding steroid dienone is 2. The molecule has 0 aliphatic heterocycles. The van der Waals surface area contributed by atoms with Gasteiger partial charge in [-0.2, -0.15) is 0 Å². The van der Waals surface area contributed by atoms with Gasteiger partial charge in [-0.25, -0.2) is 4.79 Å². The highest BCUT2D eigenvalue weighted by molar-refractivity contribution is 6.31. The second kappa shape index (κ2) is 8.40. The average Bonchev–Trinajstić information content (AvgIpc) is 2.21. The van der Waals surface area contributed by atoms with E-state index in [1.807, 2.05) is 0 Å². The van der Waals surface area contributed by atoms with Crippen molar-refractivity contribution in [3.8, 4) is 0 Å². The number of carboxylic acids is 1. The molecule has 0 rings (SSSR count). The van der Waals surface area contributed by atoms with E-state index in [4.69, 9.17) is 16.7 Å². The largest absolute Gasteiger partial charge is 0.478 e. The van der Waals surface area contributed by atoms with Crippen LogP contribution in [0.5, 0.6) is 0 Å². The highest BCUT2D eigenvalue weighted by Crippen LogP contribution is 2.22. The van der Waals surface area contributed by atoms with Gasteiger partial charge in [0.25, 0.3) is 0 Å². The molecular weight excluding hydrogens is 224 g/mol. The first-order valence-corrected chi connectivity index (χ1v) is 6.17. The maximum absolute atomic E-state index is 11.0. The van der Waals surface area contributed by atoms with Gasteiger partial charge in [-0.1, -0.05) is 57.7 Å². The summed E-state index contributed by atoms with van der Waals surface area (Å²) < 4.78 is 0. The third-order valence-electron chi connectivity index (χ3n) is 2.66. The molecule has 0 bridgehead atoms. The maximum Gasteiger partial charge on any atom is 0.331 e. The number of halogens is 1. The van der Waals surface area contributed by atoms with E-state index >= 15 is 0 Å². The van der Waals surface area contributed by atoms with E-state index in [0.717, 1.165) is 25.7 Å². The fraction of sp³-hybridized carbons (Fsp3) is 0.615. The van der Waals surface area contributed by atoms with Crippen LogP contribution in [0.1, 0.15) is 46.0 Å². The standard InChI is InChI=1S/C13H21ClO2/c1-4-6-7-11(5-2)9-12(13(15)16)8-10(3)14/h8,11H,3-7,9H2,1-2H3,(H,15,16). The average molecular weight is 245 g/mol. The molecule has 0 saturated carbocycles. The van der Waals surface area contributed by atoms with Gasteiger partial charge in [-0.15, -0.1) is 0 Å². The summed E-state index contributed by atoms with van der Waals surface area (Å²) in [7, 11) is 0. The number of carbonyl (C=O) groups is 1. The minimum absolute atomic E-state index is 0.280. The monoisotopic (exact) mass is 244 g/mol. The first-order chi connectivity index (χ1) is 7.51. The van der Waals surface area contributed by atoms with Gasteiger partial charge in [0.2, 0.25) is 0 Å². The van der Waals surface area contributed by atoms with E-state index in [0.29, 0.717) is 17.9 Å². The molecular formula is C13H21ClO2. The van der Waals surface area contributed by atoms with Crippen LogP contribution in [0.3, 0.4) is 0 Å². The minimum atomic E-state index is -0.892. The minimum Gasteiger partial charge on any atom is -0.478 e. The van der Waals surface area contributed by atoms with Gasteiger partial charge >= 0.3 is 5.97 Å². The Kier molecular flexibility index (Phi) is 8.00. The molecule has 0 amide bonds. The van der Waals surface area contributed by atoms with Crippen LogP contribution >= 0.6 is 11.6 Å². The van der Waals surface area contributed by atoms with E-state index in [-0.39, 0.29) is 5.03 Å². The van der Waals surface area contributed by atoms with Crippen molar-refractivity contribution in [1.82, 2.24) is 0 Å². The lowest BCUT2D eigenvalue weighted by atomic mass is 9.91. The summed E-state index contributed by atoms with van der Waals surface area (Å²) in [6.45, 7) is 7.73. The molecule has 0 spiro atoms. The zero-order chi connectivity index (χ0) is 12.6. The van der Waals surface area contributed by atoms with Crippen molar-refractivity contribution >= 4 is 17.6 Å². The lowest BCUT2D eigenvalue weighted by molar-refractivity contribution is -0.132. The van der Waals surface area contributed by atoms with Crippen molar-refractivity contribution in [2.24, 2.45) is 5.92 Å². The van der Waals surface area contributed by atoms with Crippen LogP contribution in [-0.2, 0) is 4.79 Å². The van der Waals surface area contributed by atoms with E-state index in [2.05, 4.69) is 20.4 Å². The van der Waals surface area contributed by atoms with Gasteiger partial charge < -0.3 is 5.11 Å². The maximum atomic E-state index is 11.0. The molecule has 0 radical (unpaired) electrons. The molecule has 0 heterocycles. The molecule has 0 fully saturated rings. The number of hydrogen-bond donors (Lipinski definition) is 1. The van der Waals surface area contributed by atoms with Gasteiger partial charge in [0, 0.05) is 10.6 Å². The zero-order valence-electron chi connectivity index (χ0n) is 10.1. The van der Waals surface area contributed by atoms with Crippen molar-refractivity contribution in [2.75, 3.05) is 0 Å². The summed E-state index contributed by atoms with van der Waals surface area (Å²) in [6.07, 6.45) is 6.40. The van der Waals surface area contributed by atoms with Gasteiger partial charge in [-0.05, 0) is 18.4 Å². The second-order valence-corrected chi connectivity index (χ2v) is 4.53. The lowest BCUT2D eigenvalue weighted by Crippen LogP contribution is -2.08. The van der Waals surface area contributed by atoms with Gasteiger partial charge in [0.15, 0.2) is 0 Å². The molecule has 0 aromatic rings. The predicted octanol–water partition coefficient (Wildman–Crippen LogP) is 4.36. The van der Waals surface area contributed by atoms with Gasteiger partial charge in [-0.3, -0.25) is 0 Å². The third kappa shape index (κ3) is 6.67. The van der Waals surface area contributed by atoms with E-state index in [1.165, 1.54) is 6.08 Å². The Hall–Kier alpha value is -0.760. The molecule has 92 valence electrons. The fourth-order valence-corrected chi connectivity index (χ4v) is 1.78.